The summed E-state index contributed by atoms with van der Waals surface area (Å²) in [5, 5.41) is 11.2. The summed E-state index contributed by atoms with van der Waals surface area (Å²) in [5.74, 6) is -2.84. The van der Waals surface area contributed by atoms with Gasteiger partial charge in [-0.3, -0.25) is 4.55 Å². The molecular formula is C29H21ClF2N2O4S. The lowest BCUT2D eigenvalue weighted by Gasteiger charge is -2.21. The third-order valence-electron chi connectivity index (χ3n) is 6.29. The lowest BCUT2D eigenvalue weighted by Crippen LogP contribution is -2.22. The monoisotopic (exact) mass is 566 g/mol. The number of aromatic nitrogens is 1. The van der Waals surface area contributed by atoms with Gasteiger partial charge in [0.2, 0.25) is 0 Å². The van der Waals surface area contributed by atoms with Crippen LogP contribution < -0.4 is 4.31 Å². The molecule has 5 aromatic rings. The molecule has 1 atom stereocenters. The second-order valence-electron chi connectivity index (χ2n) is 8.97. The fourth-order valence-corrected chi connectivity index (χ4v) is 5.47. The van der Waals surface area contributed by atoms with Gasteiger partial charge in [0.15, 0.2) is 5.69 Å². The Morgan fingerprint density at radius 3 is 2.26 bits per heavy atom. The maximum Gasteiger partial charge on any atom is 0.354 e. The molecule has 0 fully saturated rings. The van der Waals surface area contributed by atoms with Gasteiger partial charge >= 0.3 is 5.97 Å². The van der Waals surface area contributed by atoms with Gasteiger partial charge in [-0.05, 0) is 66.1 Å². The summed E-state index contributed by atoms with van der Waals surface area (Å²) < 4.78 is 53.7. The number of hydrogen-bond donors (Lipinski definition) is 2. The van der Waals surface area contributed by atoms with Crippen LogP contribution in [0.25, 0.3) is 22.0 Å². The zero-order valence-corrected chi connectivity index (χ0v) is 22.0. The van der Waals surface area contributed by atoms with E-state index in [1.165, 1.54) is 16.7 Å². The van der Waals surface area contributed by atoms with Crippen LogP contribution in [0.1, 0.15) is 21.6 Å². The Morgan fingerprint density at radius 2 is 1.64 bits per heavy atom. The summed E-state index contributed by atoms with van der Waals surface area (Å²) in [7, 11) is 0. The van der Waals surface area contributed by atoms with Crippen molar-refractivity contribution in [3.8, 4) is 11.1 Å². The predicted octanol–water partition coefficient (Wildman–Crippen LogP) is 7.57. The van der Waals surface area contributed by atoms with Crippen molar-refractivity contribution in [2.75, 3.05) is 4.31 Å². The Hall–Kier alpha value is -4.05. The van der Waals surface area contributed by atoms with Gasteiger partial charge in [0, 0.05) is 23.0 Å². The zero-order chi connectivity index (χ0) is 27.8. The number of aromatic carboxylic acids is 1. The Bertz CT molecular complexity index is 1730. The minimum absolute atomic E-state index is 0.00110. The zero-order valence-electron chi connectivity index (χ0n) is 20.4. The minimum Gasteiger partial charge on any atom is -0.477 e. The van der Waals surface area contributed by atoms with Crippen LogP contribution in [0.15, 0.2) is 84.9 Å². The molecule has 0 spiro atoms. The van der Waals surface area contributed by atoms with Crippen molar-refractivity contribution < 1.29 is 27.4 Å². The van der Waals surface area contributed by atoms with E-state index in [1.54, 1.807) is 66.7 Å². The van der Waals surface area contributed by atoms with Crippen molar-refractivity contribution in [1.82, 2.24) is 4.57 Å². The number of carboxylic acid groups (broad SMARTS) is 1. The molecule has 0 radical (unpaired) electrons. The molecule has 0 amide bonds. The molecule has 198 valence electrons. The van der Waals surface area contributed by atoms with E-state index in [0.29, 0.717) is 32.7 Å². The maximum absolute atomic E-state index is 14.0. The largest absolute Gasteiger partial charge is 0.477 e. The molecule has 4 aromatic carbocycles. The third-order valence-corrected chi connectivity index (χ3v) is 7.23. The van der Waals surface area contributed by atoms with Gasteiger partial charge in [-0.2, -0.15) is 0 Å². The van der Waals surface area contributed by atoms with Crippen LogP contribution >= 0.6 is 11.6 Å². The first-order valence-corrected chi connectivity index (χ1v) is 13.1. The fourth-order valence-electron chi connectivity index (χ4n) is 4.61. The van der Waals surface area contributed by atoms with E-state index in [9.17, 15) is 27.4 Å². The van der Waals surface area contributed by atoms with Gasteiger partial charge in [-0.25, -0.2) is 22.1 Å². The summed E-state index contributed by atoms with van der Waals surface area (Å²) in [5.41, 5.74) is 2.73. The van der Waals surface area contributed by atoms with Crippen LogP contribution in [0.5, 0.6) is 0 Å². The van der Waals surface area contributed by atoms with Crippen molar-refractivity contribution in [2.24, 2.45) is 0 Å². The minimum atomic E-state index is -2.64. The first-order chi connectivity index (χ1) is 18.6. The molecule has 0 saturated carbocycles. The number of carboxylic acids is 1. The number of aryl methyl sites for hydroxylation is 1. The maximum atomic E-state index is 14.0. The summed E-state index contributed by atoms with van der Waals surface area (Å²) in [6.45, 7) is 1.92. The highest BCUT2D eigenvalue weighted by Crippen LogP contribution is 2.41. The highest BCUT2D eigenvalue weighted by atomic mass is 35.5. The Balaban J connectivity index is 1.83. The van der Waals surface area contributed by atoms with E-state index in [4.69, 9.17) is 11.6 Å². The van der Waals surface area contributed by atoms with E-state index in [0.717, 1.165) is 15.9 Å². The van der Waals surface area contributed by atoms with Gasteiger partial charge in [0.1, 0.15) is 11.6 Å². The van der Waals surface area contributed by atoms with Crippen molar-refractivity contribution in [3.63, 3.8) is 0 Å². The summed E-state index contributed by atoms with van der Waals surface area (Å²) >= 11 is 3.54. The smallest absolute Gasteiger partial charge is 0.354 e. The lowest BCUT2D eigenvalue weighted by molar-refractivity contribution is 0.0687. The molecule has 6 nitrogen and oxygen atoms in total. The number of anilines is 2. The van der Waals surface area contributed by atoms with E-state index >= 15 is 0 Å². The molecule has 0 aliphatic heterocycles. The first kappa shape index (κ1) is 26.6. The van der Waals surface area contributed by atoms with Crippen molar-refractivity contribution >= 4 is 51.1 Å². The molecule has 2 N–H and O–H groups in total. The predicted molar refractivity (Wildman–Crippen MR) is 149 cm³/mol. The topological polar surface area (TPSA) is 82.8 Å². The van der Waals surface area contributed by atoms with Gasteiger partial charge in [0.05, 0.1) is 16.9 Å². The number of hydrogen-bond acceptors (Lipinski definition) is 2. The summed E-state index contributed by atoms with van der Waals surface area (Å²) in [4.78, 5) is 12.8. The number of halogens is 3. The van der Waals surface area contributed by atoms with E-state index in [2.05, 4.69) is 0 Å². The van der Waals surface area contributed by atoms with E-state index < -0.39 is 28.9 Å². The Kier molecular flexibility index (Phi) is 7.22. The van der Waals surface area contributed by atoms with Crippen LogP contribution in [-0.2, 0) is 17.8 Å². The highest BCUT2D eigenvalue weighted by molar-refractivity contribution is 7.81. The second kappa shape index (κ2) is 10.6. The Labute approximate surface area is 230 Å². The van der Waals surface area contributed by atoms with Crippen LogP contribution in [0.4, 0.5) is 20.2 Å². The molecule has 0 bridgehead atoms. The number of fused-ring (bicyclic) bond motifs is 1. The summed E-state index contributed by atoms with van der Waals surface area (Å²) in [6.07, 6.45) is 0. The van der Waals surface area contributed by atoms with Gasteiger partial charge in [0.25, 0.3) is 11.3 Å². The average molecular weight is 567 g/mol. The highest BCUT2D eigenvalue weighted by Gasteiger charge is 2.30. The molecule has 1 heterocycles. The van der Waals surface area contributed by atoms with Crippen LogP contribution in [-0.4, -0.2) is 24.4 Å². The lowest BCUT2D eigenvalue weighted by atomic mass is 10.0. The SMILES string of the molecule is Cc1ccc(N(c2c(C(=O)O)n(Cc3cccc(Cl)c3)c3cc(-c4cc(F)cc(F)c4)ccc23)S(=O)O)cc1. The molecule has 10 heteroatoms. The second-order valence-corrected chi connectivity index (χ2v) is 10.2. The van der Waals surface area contributed by atoms with Crippen LogP contribution in [0, 0.1) is 18.6 Å². The molecule has 1 unspecified atom stereocenters. The number of rotatable bonds is 7. The van der Waals surface area contributed by atoms with Crippen molar-refractivity contribution in [1.29, 1.82) is 0 Å². The van der Waals surface area contributed by atoms with Gasteiger partial charge in [-0.1, -0.05) is 53.6 Å². The third kappa shape index (κ3) is 5.29. The molecule has 0 saturated heterocycles. The molecule has 39 heavy (non-hydrogen) atoms. The van der Waals surface area contributed by atoms with Crippen molar-refractivity contribution in [2.45, 2.75) is 13.5 Å². The van der Waals surface area contributed by atoms with E-state index in [1.807, 2.05) is 6.92 Å². The van der Waals surface area contributed by atoms with Gasteiger partial charge < -0.3 is 9.67 Å². The molecule has 1 aromatic heterocycles. The van der Waals surface area contributed by atoms with Gasteiger partial charge in [-0.15, -0.1) is 0 Å². The number of nitrogens with zero attached hydrogens (tertiary/aromatic N) is 2. The molecule has 5 rings (SSSR count). The molecule has 0 aliphatic rings. The Morgan fingerprint density at radius 1 is 0.949 bits per heavy atom. The van der Waals surface area contributed by atoms with Crippen LogP contribution in [0.3, 0.4) is 0 Å². The molecular weight excluding hydrogens is 546 g/mol. The fraction of sp³-hybridized carbons (Fsp3) is 0.0690. The van der Waals surface area contributed by atoms with Crippen LogP contribution in [0.2, 0.25) is 5.02 Å². The van der Waals surface area contributed by atoms with Crippen molar-refractivity contribution in [3.05, 3.63) is 118 Å². The average Bonchev–Trinajstić information content (AvgIpc) is 3.18. The normalized spacial score (nSPS) is 12.0. The quantitative estimate of drug-likeness (QED) is 0.199. The van der Waals surface area contributed by atoms with E-state index in [-0.39, 0.29) is 23.5 Å². The first-order valence-electron chi connectivity index (χ1n) is 11.7. The summed E-state index contributed by atoms with van der Waals surface area (Å²) in [6, 6.07) is 21.5. The molecule has 0 aliphatic carbocycles. The number of benzene rings is 4. The standard InChI is InChI=1S/C29H21ClF2N2O4S/c1-17-5-8-24(9-6-17)34(39(37)38)27-25-10-7-19(20-12-22(31)15-23(32)13-20)14-26(25)33(28(27)29(35)36)16-18-3-2-4-21(30)11-18/h2-15H,16H2,1H3,(H,35,36)(H,37,38). The number of carbonyl (C=O) groups is 1.